The first-order valence-corrected chi connectivity index (χ1v) is 7.27. The predicted octanol–water partition coefficient (Wildman–Crippen LogP) is 2.60. The van der Waals surface area contributed by atoms with Crippen LogP contribution >= 0.6 is 0 Å². The van der Waals surface area contributed by atoms with Gasteiger partial charge in [0.25, 0.3) is 0 Å². The van der Waals surface area contributed by atoms with Gasteiger partial charge in [-0.25, -0.2) is 13.2 Å². The summed E-state index contributed by atoms with van der Waals surface area (Å²) in [6.07, 6.45) is 1.87. The Labute approximate surface area is 122 Å². The van der Waals surface area contributed by atoms with E-state index in [9.17, 15) is 13.2 Å². The molecule has 1 atom stereocenters. The van der Waals surface area contributed by atoms with Gasteiger partial charge >= 0.3 is 0 Å². The van der Waals surface area contributed by atoms with Crippen molar-refractivity contribution in [1.82, 2.24) is 4.90 Å². The van der Waals surface area contributed by atoms with Gasteiger partial charge in [-0.15, -0.1) is 0 Å². The van der Waals surface area contributed by atoms with E-state index in [1.54, 1.807) is 0 Å². The van der Waals surface area contributed by atoms with Crippen LogP contribution in [0.15, 0.2) is 12.1 Å². The molecule has 2 rings (SSSR count). The highest BCUT2D eigenvalue weighted by Crippen LogP contribution is 2.28. The highest BCUT2D eigenvalue weighted by Gasteiger charge is 2.28. The second-order valence-corrected chi connectivity index (χ2v) is 5.23. The SMILES string of the molecule is CCOC1CCN(C(CN)c2cc(F)c(F)cc2F)CC1. The molecule has 1 aliphatic rings. The maximum atomic E-state index is 13.9. The van der Waals surface area contributed by atoms with Gasteiger partial charge in [0.15, 0.2) is 11.6 Å². The summed E-state index contributed by atoms with van der Waals surface area (Å²) in [7, 11) is 0. The third kappa shape index (κ3) is 3.75. The molecule has 0 aliphatic carbocycles. The summed E-state index contributed by atoms with van der Waals surface area (Å²) in [4.78, 5) is 2.01. The lowest BCUT2D eigenvalue weighted by Crippen LogP contribution is -2.42. The zero-order chi connectivity index (χ0) is 15.4. The minimum Gasteiger partial charge on any atom is -0.378 e. The summed E-state index contributed by atoms with van der Waals surface area (Å²) in [6.45, 7) is 4.17. The second kappa shape index (κ2) is 7.24. The fraction of sp³-hybridized carbons (Fsp3) is 0.600. The quantitative estimate of drug-likeness (QED) is 0.850. The molecule has 0 saturated carbocycles. The van der Waals surface area contributed by atoms with E-state index in [1.807, 2.05) is 11.8 Å². The molecular formula is C15H21F3N2O. The number of hydrogen-bond acceptors (Lipinski definition) is 3. The number of benzene rings is 1. The van der Waals surface area contributed by atoms with Gasteiger partial charge in [0.2, 0.25) is 0 Å². The van der Waals surface area contributed by atoms with Gasteiger partial charge in [-0.1, -0.05) is 0 Å². The Morgan fingerprint density at radius 3 is 2.38 bits per heavy atom. The molecular weight excluding hydrogens is 281 g/mol. The smallest absolute Gasteiger partial charge is 0.161 e. The maximum Gasteiger partial charge on any atom is 0.161 e. The number of rotatable bonds is 5. The molecule has 1 fully saturated rings. The van der Waals surface area contributed by atoms with Gasteiger partial charge in [-0.2, -0.15) is 0 Å². The third-order valence-electron chi connectivity index (χ3n) is 3.94. The van der Waals surface area contributed by atoms with Crippen LogP contribution in [0.1, 0.15) is 31.4 Å². The highest BCUT2D eigenvalue weighted by atomic mass is 19.2. The van der Waals surface area contributed by atoms with Crippen molar-refractivity contribution in [3.8, 4) is 0 Å². The number of hydrogen-bond donors (Lipinski definition) is 1. The monoisotopic (exact) mass is 302 g/mol. The fourth-order valence-corrected chi connectivity index (χ4v) is 2.86. The van der Waals surface area contributed by atoms with Gasteiger partial charge < -0.3 is 10.5 Å². The molecule has 0 spiro atoms. The van der Waals surface area contributed by atoms with Crippen molar-refractivity contribution in [2.45, 2.75) is 31.9 Å². The van der Waals surface area contributed by atoms with Gasteiger partial charge in [-0.05, 0) is 25.8 Å². The zero-order valence-electron chi connectivity index (χ0n) is 12.1. The van der Waals surface area contributed by atoms with Crippen LogP contribution in [0.5, 0.6) is 0 Å². The average Bonchev–Trinajstić information content (AvgIpc) is 2.47. The van der Waals surface area contributed by atoms with Crippen LogP contribution in [-0.4, -0.2) is 37.2 Å². The van der Waals surface area contributed by atoms with Crippen LogP contribution in [0.3, 0.4) is 0 Å². The number of nitrogens with zero attached hydrogens (tertiary/aromatic N) is 1. The van der Waals surface area contributed by atoms with E-state index in [1.165, 1.54) is 0 Å². The molecule has 21 heavy (non-hydrogen) atoms. The first-order chi connectivity index (χ1) is 10.1. The molecule has 0 amide bonds. The van der Waals surface area contributed by atoms with Crippen molar-refractivity contribution in [3.63, 3.8) is 0 Å². The molecule has 0 radical (unpaired) electrons. The van der Waals surface area contributed by atoms with Crippen LogP contribution in [0.2, 0.25) is 0 Å². The van der Waals surface area contributed by atoms with Crippen molar-refractivity contribution in [2.75, 3.05) is 26.2 Å². The third-order valence-corrected chi connectivity index (χ3v) is 3.94. The molecule has 6 heteroatoms. The Morgan fingerprint density at radius 2 is 1.81 bits per heavy atom. The van der Waals surface area contributed by atoms with Gasteiger partial charge in [0.05, 0.1) is 12.1 Å². The lowest BCUT2D eigenvalue weighted by Gasteiger charge is -2.37. The van der Waals surface area contributed by atoms with Crippen molar-refractivity contribution in [3.05, 3.63) is 35.1 Å². The van der Waals surface area contributed by atoms with Gasteiger partial charge in [0.1, 0.15) is 5.82 Å². The van der Waals surface area contributed by atoms with Crippen molar-refractivity contribution < 1.29 is 17.9 Å². The Balaban J connectivity index is 2.12. The summed E-state index contributed by atoms with van der Waals surface area (Å²) < 4.78 is 45.9. The van der Waals surface area contributed by atoms with E-state index >= 15 is 0 Å². The average molecular weight is 302 g/mol. The zero-order valence-corrected chi connectivity index (χ0v) is 12.1. The minimum absolute atomic E-state index is 0.117. The lowest BCUT2D eigenvalue weighted by atomic mass is 9.99. The second-order valence-electron chi connectivity index (χ2n) is 5.23. The summed E-state index contributed by atoms with van der Waals surface area (Å²) in [5.74, 6) is -2.98. The van der Waals surface area contributed by atoms with Crippen molar-refractivity contribution >= 4 is 0 Å². The molecule has 1 aromatic carbocycles. The molecule has 0 bridgehead atoms. The highest BCUT2D eigenvalue weighted by molar-refractivity contribution is 5.24. The van der Waals surface area contributed by atoms with Crippen LogP contribution in [-0.2, 0) is 4.74 Å². The first kappa shape index (κ1) is 16.3. The minimum atomic E-state index is -1.18. The summed E-state index contributed by atoms with van der Waals surface area (Å²) in [6, 6.07) is 1.06. The number of nitrogens with two attached hydrogens (primary N) is 1. The van der Waals surface area contributed by atoms with Crippen molar-refractivity contribution in [2.24, 2.45) is 5.73 Å². The first-order valence-electron chi connectivity index (χ1n) is 7.27. The van der Waals surface area contributed by atoms with Crippen LogP contribution in [0.4, 0.5) is 13.2 Å². The van der Waals surface area contributed by atoms with E-state index in [0.29, 0.717) is 25.8 Å². The largest absolute Gasteiger partial charge is 0.378 e. The van der Waals surface area contributed by atoms with E-state index in [4.69, 9.17) is 10.5 Å². The summed E-state index contributed by atoms with van der Waals surface area (Å²) in [5, 5.41) is 0. The molecule has 0 aromatic heterocycles. The number of piperidine rings is 1. The standard InChI is InChI=1S/C15H21F3N2O/c1-2-21-10-3-5-20(6-4-10)15(9-19)11-7-13(17)14(18)8-12(11)16/h7-8,10,15H,2-6,9,19H2,1H3. The van der Waals surface area contributed by atoms with Crippen molar-refractivity contribution in [1.29, 1.82) is 0 Å². The number of ether oxygens (including phenoxy) is 1. The molecule has 3 nitrogen and oxygen atoms in total. The summed E-state index contributed by atoms with van der Waals surface area (Å²) in [5.41, 5.74) is 5.85. The molecule has 1 aliphatic heterocycles. The van der Waals surface area contributed by atoms with E-state index in [0.717, 1.165) is 18.9 Å². The molecule has 1 heterocycles. The molecule has 1 unspecified atom stereocenters. The summed E-state index contributed by atoms with van der Waals surface area (Å²) >= 11 is 0. The van der Waals surface area contributed by atoms with Crippen LogP contribution in [0, 0.1) is 17.5 Å². The Bertz CT molecular complexity index is 476. The molecule has 1 saturated heterocycles. The fourth-order valence-electron chi connectivity index (χ4n) is 2.86. The Kier molecular flexibility index (Phi) is 5.61. The Hall–Kier alpha value is -1.11. The van der Waals surface area contributed by atoms with E-state index in [2.05, 4.69) is 0 Å². The lowest BCUT2D eigenvalue weighted by molar-refractivity contribution is 0.00414. The Morgan fingerprint density at radius 1 is 1.19 bits per heavy atom. The predicted molar refractivity (Wildman–Crippen MR) is 74.3 cm³/mol. The normalized spacial score (nSPS) is 18.9. The molecule has 1 aromatic rings. The van der Waals surface area contributed by atoms with Crippen LogP contribution < -0.4 is 5.73 Å². The van der Waals surface area contributed by atoms with E-state index < -0.39 is 23.5 Å². The van der Waals surface area contributed by atoms with Crippen LogP contribution in [0.25, 0.3) is 0 Å². The topological polar surface area (TPSA) is 38.5 Å². The van der Waals surface area contributed by atoms with Gasteiger partial charge in [-0.3, -0.25) is 4.90 Å². The molecule has 118 valence electrons. The van der Waals surface area contributed by atoms with E-state index in [-0.39, 0.29) is 18.2 Å². The number of halogens is 3. The van der Waals surface area contributed by atoms with Gasteiger partial charge in [0, 0.05) is 37.9 Å². The molecule has 2 N–H and O–H groups in total. The number of likely N-dealkylation sites (tertiary alicyclic amines) is 1. The maximum absolute atomic E-state index is 13.9.